The molecule has 2 heterocycles. The van der Waals surface area contributed by atoms with E-state index in [9.17, 15) is 31.1 Å². The van der Waals surface area contributed by atoms with Crippen LogP contribution < -0.4 is 0 Å². The first kappa shape index (κ1) is 39.8. The van der Waals surface area contributed by atoms with Gasteiger partial charge in [0.2, 0.25) is 0 Å². The Hall–Kier alpha value is -2.35. The van der Waals surface area contributed by atoms with E-state index in [1.807, 2.05) is 38.1 Å². The maximum Gasteiger partial charge on any atom is 0.416 e. The molecule has 0 N–H and O–H groups in total. The van der Waals surface area contributed by atoms with Crippen LogP contribution in [0.25, 0.3) is 0 Å². The lowest BCUT2D eigenvalue weighted by atomic mass is 9.97. The fraction of sp³-hybridized carbons (Fsp3) is 0.531. The van der Waals surface area contributed by atoms with Crippen molar-refractivity contribution < 1.29 is 40.6 Å². The molecular weight excluding hydrogens is 659 g/mol. The van der Waals surface area contributed by atoms with Gasteiger partial charge < -0.3 is 14.4 Å². The van der Waals surface area contributed by atoms with Gasteiger partial charge in [-0.15, -0.1) is 24.8 Å². The molecule has 2 aliphatic rings. The van der Waals surface area contributed by atoms with Crippen molar-refractivity contribution >= 4 is 30.7 Å². The lowest BCUT2D eigenvalue weighted by Gasteiger charge is -2.41. The van der Waals surface area contributed by atoms with Gasteiger partial charge in [0, 0.05) is 58.0 Å². The SMILES string of the molecule is COC[C@H]1COCCN1C/C=C/CN1CCN(C(=O)c2cc(C(F)(F)F)cc(C(F)(F)F)c2)[C@H](Cc2ccc(C)c(C)c2)C1.Cl.Cl. The maximum absolute atomic E-state index is 13.6. The van der Waals surface area contributed by atoms with Gasteiger partial charge in [0.15, 0.2) is 0 Å². The van der Waals surface area contributed by atoms with E-state index in [-0.39, 0.29) is 43.5 Å². The van der Waals surface area contributed by atoms with Crippen molar-refractivity contribution in [2.24, 2.45) is 0 Å². The topological polar surface area (TPSA) is 45.3 Å². The number of benzene rings is 2. The summed E-state index contributed by atoms with van der Waals surface area (Å²) < 4.78 is 92.0. The van der Waals surface area contributed by atoms with Gasteiger partial charge in [0.25, 0.3) is 5.91 Å². The molecule has 2 fully saturated rings. The summed E-state index contributed by atoms with van der Waals surface area (Å²) in [5.41, 5.74) is -0.546. The van der Waals surface area contributed by atoms with Crippen molar-refractivity contribution in [3.05, 3.63) is 81.9 Å². The van der Waals surface area contributed by atoms with Crippen LogP contribution in [0.4, 0.5) is 26.3 Å². The van der Waals surface area contributed by atoms with E-state index in [1.165, 1.54) is 4.90 Å². The molecule has 0 aliphatic carbocycles. The minimum absolute atomic E-state index is 0. The van der Waals surface area contributed by atoms with E-state index in [0.29, 0.717) is 58.0 Å². The smallest absolute Gasteiger partial charge is 0.383 e. The van der Waals surface area contributed by atoms with Crippen LogP contribution in [0.2, 0.25) is 0 Å². The van der Waals surface area contributed by atoms with E-state index < -0.39 is 41.0 Å². The van der Waals surface area contributed by atoms with Gasteiger partial charge in [-0.1, -0.05) is 30.4 Å². The van der Waals surface area contributed by atoms with Crippen LogP contribution >= 0.6 is 24.8 Å². The van der Waals surface area contributed by atoms with E-state index >= 15 is 0 Å². The highest BCUT2D eigenvalue weighted by Gasteiger charge is 2.39. The second kappa shape index (κ2) is 17.2. The van der Waals surface area contributed by atoms with Crippen LogP contribution in [-0.2, 0) is 28.2 Å². The molecule has 2 aromatic carbocycles. The fourth-order valence-corrected chi connectivity index (χ4v) is 5.68. The van der Waals surface area contributed by atoms with Crippen molar-refractivity contribution in [3.63, 3.8) is 0 Å². The van der Waals surface area contributed by atoms with Gasteiger partial charge in [-0.05, 0) is 55.2 Å². The fourth-order valence-electron chi connectivity index (χ4n) is 5.68. The molecule has 0 aromatic heterocycles. The molecule has 0 saturated carbocycles. The number of halogens is 8. The predicted octanol–water partition coefficient (Wildman–Crippen LogP) is 6.46. The largest absolute Gasteiger partial charge is 0.416 e. The molecule has 46 heavy (non-hydrogen) atoms. The number of hydrogen-bond donors (Lipinski definition) is 0. The number of morpholine rings is 1. The molecular formula is C32H41Cl2F6N3O3. The van der Waals surface area contributed by atoms with Crippen LogP contribution in [-0.4, -0.2) is 98.9 Å². The minimum atomic E-state index is -5.04. The number of hydrogen-bond acceptors (Lipinski definition) is 5. The molecule has 4 rings (SSSR count). The van der Waals surface area contributed by atoms with Crippen molar-refractivity contribution in [3.8, 4) is 0 Å². The van der Waals surface area contributed by atoms with E-state index in [0.717, 1.165) is 29.8 Å². The van der Waals surface area contributed by atoms with Crippen molar-refractivity contribution in [1.82, 2.24) is 14.7 Å². The molecule has 2 aromatic rings. The number of amides is 1. The quantitative estimate of drug-likeness (QED) is 0.222. The van der Waals surface area contributed by atoms with Gasteiger partial charge in [0.1, 0.15) is 0 Å². The minimum Gasteiger partial charge on any atom is -0.383 e. The van der Waals surface area contributed by atoms with Crippen LogP contribution in [0, 0.1) is 13.8 Å². The molecule has 2 aliphatic heterocycles. The Bertz CT molecular complexity index is 1290. The first-order valence-electron chi connectivity index (χ1n) is 14.6. The number of alkyl halides is 6. The van der Waals surface area contributed by atoms with Crippen LogP contribution in [0.3, 0.4) is 0 Å². The third kappa shape index (κ3) is 10.6. The molecule has 2 atom stereocenters. The van der Waals surface area contributed by atoms with Gasteiger partial charge in [-0.25, -0.2) is 0 Å². The maximum atomic E-state index is 13.6. The Morgan fingerprint density at radius 3 is 2.15 bits per heavy atom. The van der Waals surface area contributed by atoms with Gasteiger partial charge >= 0.3 is 12.4 Å². The average molecular weight is 701 g/mol. The zero-order chi connectivity index (χ0) is 32.1. The zero-order valence-corrected chi connectivity index (χ0v) is 27.6. The summed E-state index contributed by atoms with van der Waals surface area (Å²) in [6, 6.07) is 6.69. The number of aryl methyl sites for hydroxylation is 2. The molecule has 0 spiro atoms. The number of ether oxygens (including phenoxy) is 2. The number of carbonyl (C=O) groups excluding carboxylic acids is 1. The highest BCUT2D eigenvalue weighted by Crippen LogP contribution is 2.37. The molecule has 0 radical (unpaired) electrons. The summed E-state index contributed by atoms with van der Waals surface area (Å²) in [7, 11) is 1.66. The molecule has 14 heteroatoms. The third-order valence-electron chi connectivity index (χ3n) is 8.28. The van der Waals surface area contributed by atoms with Crippen LogP contribution in [0.15, 0.2) is 48.6 Å². The Kier molecular flexibility index (Phi) is 14.9. The summed E-state index contributed by atoms with van der Waals surface area (Å²) in [6.45, 7) is 8.88. The Balaban J connectivity index is 0.00000368. The standard InChI is InChI=1S/C32H39F6N3O3.2ClH/c1-22-6-7-24(14-23(22)2)15-28-19-39(8-4-5-9-40-12-13-44-21-29(40)20-43-3)10-11-41(28)30(42)25-16-26(31(33,34)35)18-27(17-25)32(36,37)38;;/h4-7,14,16-18,28-29H,8-13,15,19-21H2,1-3H3;2*1H/b5-4+;;/t28-,29+;;/m1../s1. The van der Waals surface area contributed by atoms with E-state index in [1.54, 1.807) is 7.11 Å². The first-order chi connectivity index (χ1) is 20.8. The molecule has 2 saturated heterocycles. The highest BCUT2D eigenvalue weighted by molar-refractivity contribution is 5.95. The molecule has 1 amide bonds. The lowest BCUT2D eigenvalue weighted by molar-refractivity contribution is -0.143. The molecule has 0 bridgehead atoms. The third-order valence-corrected chi connectivity index (χ3v) is 8.28. The summed E-state index contributed by atoms with van der Waals surface area (Å²) in [5.74, 6) is -0.845. The average Bonchev–Trinajstić information content (AvgIpc) is 2.97. The highest BCUT2D eigenvalue weighted by atomic mass is 35.5. The van der Waals surface area contributed by atoms with Crippen molar-refractivity contribution in [2.75, 3.05) is 66.2 Å². The van der Waals surface area contributed by atoms with Gasteiger partial charge in [-0.3, -0.25) is 14.6 Å². The lowest BCUT2D eigenvalue weighted by Crippen LogP contribution is -2.56. The zero-order valence-electron chi connectivity index (χ0n) is 26.0. The Morgan fingerprint density at radius 2 is 1.54 bits per heavy atom. The van der Waals surface area contributed by atoms with E-state index in [2.05, 4.69) is 15.9 Å². The van der Waals surface area contributed by atoms with Gasteiger partial charge in [-0.2, -0.15) is 26.3 Å². The second-order valence-electron chi connectivity index (χ2n) is 11.5. The second-order valence-corrected chi connectivity index (χ2v) is 11.5. The molecule has 6 nitrogen and oxygen atoms in total. The number of nitrogens with zero attached hydrogens (tertiary/aromatic N) is 3. The van der Waals surface area contributed by atoms with Gasteiger partial charge in [0.05, 0.1) is 37.0 Å². The normalized spacial score (nSPS) is 20.0. The molecule has 258 valence electrons. The summed E-state index contributed by atoms with van der Waals surface area (Å²) in [4.78, 5) is 19.5. The van der Waals surface area contributed by atoms with E-state index in [4.69, 9.17) is 9.47 Å². The summed E-state index contributed by atoms with van der Waals surface area (Å²) in [6.07, 6.45) is -5.54. The van der Waals surface area contributed by atoms with Crippen molar-refractivity contribution in [2.45, 2.75) is 44.7 Å². The number of carbonyl (C=O) groups is 1. The summed E-state index contributed by atoms with van der Waals surface area (Å²) >= 11 is 0. The van der Waals surface area contributed by atoms with Crippen LogP contribution in [0.1, 0.15) is 38.2 Å². The van der Waals surface area contributed by atoms with Crippen molar-refractivity contribution in [1.29, 1.82) is 0 Å². The summed E-state index contributed by atoms with van der Waals surface area (Å²) in [5, 5.41) is 0. The number of methoxy groups -OCH3 is 1. The predicted molar refractivity (Wildman–Crippen MR) is 169 cm³/mol. The number of rotatable bonds is 9. The molecule has 0 unspecified atom stereocenters. The monoisotopic (exact) mass is 699 g/mol. The Labute approximate surface area is 278 Å². The first-order valence-corrected chi connectivity index (χ1v) is 14.6. The Morgan fingerprint density at radius 1 is 0.891 bits per heavy atom. The number of piperazine rings is 1. The van der Waals surface area contributed by atoms with Crippen LogP contribution in [0.5, 0.6) is 0 Å².